The predicted octanol–water partition coefficient (Wildman–Crippen LogP) is 2.29. The van der Waals surface area contributed by atoms with E-state index in [1.165, 1.54) is 11.7 Å². The van der Waals surface area contributed by atoms with Gasteiger partial charge in [-0.25, -0.2) is 4.79 Å². The number of anilines is 2. The number of aromatic amines is 1. The zero-order valence-corrected chi connectivity index (χ0v) is 20.1. The molecular formula is C25H30N4O6. The molecule has 35 heavy (non-hydrogen) atoms. The summed E-state index contributed by atoms with van der Waals surface area (Å²) in [5, 5.41) is 1.93. The smallest absolute Gasteiger partial charge is 0.330 e. The second kappa shape index (κ2) is 11.5. The van der Waals surface area contributed by atoms with Crippen molar-refractivity contribution in [1.82, 2.24) is 9.55 Å². The number of nitrogens with two attached hydrogens (primary N) is 1. The van der Waals surface area contributed by atoms with Crippen molar-refractivity contribution in [1.29, 1.82) is 0 Å². The highest BCUT2D eigenvalue weighted by Gasteiger charge is 2.25. The zero-order valence-electron chi connectivity index (χ0n) is 20.1. The number of amides is 1. The molecule has 0 unspecified atom stereocenters. The molecule has 0 radical (unpaired) electrons. The van der Waals surface area contributed by atoms with Gasteiger partial charge in [0.2, 0.25) is 5.91 Å². The van der Waals surface area contributed by atoms with Gasteiger partial charge in [0.15, 0.2) is 5.69 Å². The molecule has 0 aliphatic carbocycles. The molecule has 0 saturated carbocycles. The largest absolute Gasteiger partial charge is 0.426 e. The van der Waals surface area contributed by atoms with Crippen LogP contribution >= 0.6 is 0 Å². The molecule has 3 aromatic rings. The quantitative estimate of drug-likeness (QED) is 0.334. The third-order valence-electron chi connectivity index (χ3n) is 5.35. The number of aromatic nitrogens is 2. The van der Waals surface area contributed by atoms with Crippen LogP contribution in [-0.2, 0) is 20.9 Å². The van der Waals surface area contributed by atoms with Crippen LogP contribution in [0.4, 0.5) is 11.5 Å². The van der Waals surface area contributed by atoms with Gasteiger partial charge in [-0.1, -0.05) is 44.2 Å². The van der Waals surface area contributed by atoms with E-state index < -0.39 is 23.1 Å². The standard InChI is InChI=1S/C25H30N4O6/c1-16(2)15-29-23(26)22(24(32)27-25(29)33)28(12-13-34-3)20(30)10-11-21(31)35-19-9-8-17-6-4-5-7-18(17)14-19/h4-9,14,16H,10-13,15,26H2,1-3H3,(H,27,32,33). The van der Waals surface area contributed by atoms with E-state index in [1.807, 2.05) is 44.2 Å². The van der Waals surface area contributed by atoms with E-state index in [0.29, 0.717) is 5.75 Å². The van der Waals surface area contributed by atoms with Gasteiger partial charge in [0.1, 0.15) is 11.6 Å². The number of carbonyl (C=O) groups excluding carboxylic acids is 2. The number of H-pyrrole nitrogens is 1. The fourth-order valence-corrected chi connectivity index (χ4v) is 3.69. The van der Waals surface area contributed by atoms with Crippen molar-refractivity contribution in [3.63, 3.8) is 0 Å². The third kappa shape index (κ3) is 6.36. The van der Waals surface area contributed by atoms with Gasteiger partial charge in [-0.2, -0.15) is 0 Å². The molecule has 10 nitrogen and oxygen atoms in total. The van der Waals surface area contributed by atoms with Crippen molar-refractivity contribution in [2.45, 2.75) is 33.2 Å². The molecule has 0 aliphatic heterocycles. The number of nitrogen functional groups attached to an aromatic ring is 1. The van der Waals surface area contributed by atoms with E-state index >= 15 is 0 Å². The molecule has 0 saturated heterocycles. The lowest BCUT2D eigenvalue weighted by Crippen LogP contribution is -2.43. The molecule has 1 aromatic heterocycles. The average Bonchev–Trinajstić information content (AvgIpc) is 2.82. The number of nitrogens with zero attached hydrogens (tertiary/aromatic N) is 2. The second-order valence-electron chi connectivity index (χ2n) is 8.52. The summed E-state index contributed by atoms with van der Waals surface area (Å²) in [5.41, 5.74) is 4.59. The summed E-state index contributed by atoms with van der Waals surface area (Å²) >= 11 is 0. The molecule has 3 N–H and O–H groups in total. The number of fused-ring (bicyclic) bond motifs is 1. The lowest BCUT2D eigenvalue weighted by molar-refractivity contribution is -0.136. The molecule has 186 valence electrons. The van der Waals surface area contributed by atoms with Crippen molar-refractivity contribution in [2.75, 3.05) is 30.9 Å². The maximum atomic E-state index is 13.1. The van der Waals surface area contributed by atoms with E-state index in [1.54, 1.807) is 12.1 Å². The molecule has 0 fully saturated rings. The minimum Gasteiger partial charge on any atom is -0.426 e. The number of rotatable bonds is 10. The monoisotopic (exact) mass is 482 g/mol. The predicted molar refractivity (Wildman–Crippen MR) is 134 cm³/mol. The number of esters is 1. The van der Waals surface area contributed by atoms with E-state index in [9.17, 15) is 19.2 Å². The summed E-state index contributed by atoms with van der Waals surface area (Å²) in [7, 11) is 1.46. The molecule has 0 bridgehead atoms. The second-order valence-corrected chi connectivity index (χ2v) is 8.52. The molecular weight excluding hydrogens is 452 g/mol. The SMILES string of the molecule is COCCN(C(=O)CCC(=O)Oc1ccc2ccccc2c1)c1c(N)n(CC(C)C)c(=O)[nH]c1=O. The molecule has 0 aliphatic rings. The highest BCUT2D eigenvalue weighted by molar-refractivity contribution is 5.97. The Kier molecular flexibility index (Phi) is 8.43. The Bertz CT molecular complexity index is 1330. The molecule has 1 heterocycles. The Balaban J connectivity index is 1.77. The van der Waals surface area contributed by atoms with Crippen LogP contribution in [0.1, 0.15) is 26.7 Å². The van der Waals surface area contributed by atoms with E-state index in [2.05, 4.69) is 4.98 Å². The first-order valence-corrected chi connectivity index (χ1v) is 11.3. The van der Waals surface area contributed by atoms with E-state index in [-0.39, 0.29) is 50.0 Å². The molecule has 0 atom stereocenters. The van der Waals surface area contributed by atoms with Gasteiger partial charge in [0.25, 0.3) is 5.56 Å². The summed E-state index contributed by atoms with van der Waals surface area (Å²) in [6, 6.07) is 12.9. The Morgan fingerprint density at radius 3 is 2.49 bits per heavy atom. The molecule has 10 heteroatoms. The van der Waals surface area contributed by atoms with Crippen LogP contribution in [0.15, 0.2) is 52.1 Å². The van der Waals surface area contributed by atoms with Gasteiger partial charge in [-0.3, -0.25) is 23.9 Å². The molecule has 3 rings (SSSR count). The van der Waals surface area contributed by atoms with Gasteiger partial charge in [-0.05, 0) is 28.8 Å². The Labute approximate surface area is 202 Å². The summed E-state index contributed by atoms with van der Waals surface area (Å²) in [6.07, 6.45) is -0.434. The lowest BCUT2D eigenvalue weighted by atomic mass is 10.1. The van der Waals surface area contributed by atoms with E-state index in [0.717, 1.165) is 15.7 Å². The number of nitrogens with one attached hydrogen (secondary N) is 1. The number of ether oxygens (including phenoxy) is 2. The Hall–Kier alpha value is -3.92. The lowest BCUT2D eigenvalue weighted by Gasteiger charge is -2.24. The maximum Gasteiger partial charge on any atom is 0.330 e. The van der Waals surface area contributed by atoms with Crippen molar-refractivity contribution in [2.24, 2.45) is 5.92 Å². The number of carbonyl (C=O) groups is 2. The van der Waals surface area contributed by atoms with Gasteiger partial charge in [0.05, 0.1) is 13.0 Å². The maximum absolute atomic E-state index is 13.1. The zero-order chi connectivity index (χ0) is 25.5. The summed E-state index contributed by atoms with van der Waals surface area (Å²) < 4.78 is 11.7. The summed E-state index contributed by atoms with van der Waals surface area (Å²) in [6.45, 7) is 4.19. The first kappa shape index (κ1) is 25.7. The van der Waals surface area contributed by atoms with Crippen LogP contribution in [0.2, 0.25) is 0 Å². The fourth-order valence-electron chi connectivity index (χ4n) is 3.69. The molecule has 1 amide bonds. The summed E-state index contributed by atoms with van der Waals surface area (Å²) in [5.74, 6) is -0.785. The van der Waals surface area contributed by atoms with Crippen molar-refractivity contribution in [3.8, 4) is 5.75 Å². The number of benzene rings is 2. The number of methoxy groups -OCH3 is 1. The topological polar surface area (TPSA) is 137 Å². The van der Waals surface area contributed by atoms with Gasteiger partial charge >= 0.3 is 11.7 Å². The van der Waals surface area contributed by atoms with Crippen molar-refractivity contribution in [3.05, 3.63) is 63.3 Å². The van der Waals surface area contributed by atoms with Crippen LogP contribution in [0, 0.1) is 5.92 Å². The molecule has 0 spiro atoms. The fraction of sp³-hybridized carbons (Fsp3) is 0.360. The van der Waals surface area contributed by atoms with Gasteiger partial charge in [-0.15, -0.1) is 0 Å². The first-order valence-electron chi connectivity index (χ1n) is 11.3. The number of hydrogen-bond donors (Lipinski definition) is 2. The number of hydrogen-bond acceptors (Lipinski definition) is 7. The normalized spacial score (nSPS) is 11.1. The Morgan fingerprint density at radius 1 is 1.09 bits per heavy atom. The minimum absolute atomic E-state index is 0.0161. The highest BCUT2D eigenvalue weighted by Crippen LogP contribution is 2.22. The van der Waals surface area contributed by atoms with Crippen LogP contribution in [0.25, 0.3) is 10.8 Å². The van der Waals surface area contributed by atoms with Crippen LogP contribution in [-0.4, -0.2) is 41.7 Å². The minimum atomic E-state index is -0.782. The van der Waals surface area contributed by atoms with Crippen LogP contribution < -0.4 is 26.6 Å². The van der Waals surface area contributed by atoms with Gasteiger partial charge in [0, 0.05) is 26.6 Å². The Morgan fingerprint density at radius 2 is 1.80 bits per heavy atom. The first-order chi connectivity index (χ1) is 16.7. The van der Waals surface area contributed by atoms with Crippen molar-refractivity contribution < 1.29 is 19.1 Å². The summed E-state index contributed by atoms with van der Waals surface area (Å²) in [4.78, 5) is 53.8. The van der Waals surface area contributed by atoms with E-state index in [4.69, 9.17) is 15.2 Å². The third-order valence-corrected chi connectivity index (χ3v) is 5.35. The average molecular weight is 483 g/mol. The van der Waals surface area contributed by atoms with Crippen LogP contribution in [0.5, 0.6) is 5.75 Å². The highest BCUT2D eigenvalue weighted by atomic mass is 16.5. The van der Waals surface area contributed by atoms with Crippen LogP contribution in [0.3, 0.4) is 0 Å². The molecule has 2 aromatic carbocycles. The van der Waals surface area contributed by atoms with Crippen molar-refractivity contribution >= 4 is 34.2 Å². The van der Waals surface area contributed by atoms with Gasteiger partial charge < -0.3 is 20.1 Å².